The molecule has 3 N–H and O–H groups in total. The average Bonchev–Trinajstić information content (AvgIpc) is 2.27. The lowest BCUT2D eigenvalue weighted by atomic mass is 10.0. The summed E-state index contributed by atoms with van der Waals surface area (Å²) in [5.74, 6) is 0.378. The molecule has 1 atom stereocenters. The van der Waals surface area contributed by atoms with Gasteiger partial charge in [0.25, 0.3) is 0 Å². The van der Waals surface area contributed by atoms with Gasteiger partial charge >= 0.3 is 0 Å². The average molecular weight is 236 g/mol. The fourth-order valence-electron chi connectivity index (χ4n) is 1.42. The first-order chi connectivity index (χ1) is 7.91. The van der Waals surface area contributed by atoms with Gasteiger partial charge in [-0.15, -0.1) is 0 Å². The number of phenols is 1. The maximum absolute atomic E-state index is 11.9. The molecule has 0 fully saturated rings. The summed E-state index contributed by atoms with van der Waals surface area (Å²) in [5.41, 5.74) is 6.54. The molecule has 0 aliphatic rings. The molecule has 0 heterocycles. The molecule has 1 amide bonds. The second kappa shape index (κ2) is 5.68. The van der Waals surface area contributed by atoms with Gasteiger partial charge < -0.3 is 15.7 Å². The van der Waals surface area contributed by atoms with Crippen LogP contribution in [0.3, 0.4) is 0 Å². The summed E-state index contributed by atoms with van der Waals surface area (Å²) in [6.07, 6.45) is 0.309. The first kappa shape index (κ1) is 13.5. The van der Waals surface area contributed by atoms with Crippen LogP contribution in [0, 0.1) is 5.92 Å². The van der Waals surface area contributed by atoms with Crippen LogP contribution >= 0.6 is 0 Å². The van der Waals surface area contributed by atoms with Crippen LogP contribution in [-0.2, 0) is 4.79 Å². The molecule has 0 radical (unpaired) electrons. The highest BCUT2D eigenvalue weighted by Crippen LogP contribution is 2.20. The van der Waals surface area contributed by atoms with Gasteiger partial charge in [0.05, 0.1) is 0 Å². The van der Waals surface area contributed by atoms with Crippen LogP contribution in [-0.4, -0.2) is 24.1 Å². The zero-order valence-electron chi connectivity index (χ0n) is 10.6. The molecule has 0 bridgehead atoms. The van der Waals surface area contributed by atoms with Gasteiger partial charge in [0.15, 0.2) is 0 Å². The summed E-state index contributed by atoms with van der Waals surface area (Å²) in [5, 5.41) is 9.35. The van der Waals surface area contributed by atoms with Gasteiger partial charge in [-0.3, -0.25) is 4.79 Å². The van der Waals surface area contributed by atoms with E-state index in [0.29, 0.717) is 12.1 Å². The van der Waals surface area contributed by atoms with E-state index in [4.69, 9.17) is 5.73 Å². The highest BCUT2D eigenvalue weighted by molar-refractivity contribution is 5.93. The Morgan fingerprint density at radius 3 is 2.65 bits per heavy atom. The monoisotopic (exact) mass is 236 g/mol. The molecule has 94 valence electrons. The van der Waals surface area contributed by atoms with Crippen LogP contribution in [0.25, 0.3) is 0 Å². The Morgan fingerprint density at radius 2 is 2.12 bits per heavy atom. The predicted molar refractivity (Wildman–Crippen MR) is 68.9 cm³/mol. The largest absolute Gasteiger partial charge is 0.508 e. The number of anilines is 1. The lowest BCUT2D eigenvalue weighted by molar-refractivity contribution is -0.118. The Labute approximate surface area is 102 Å². The summed E-state index contributed by atoms with van der Waals surface area (Å²) in [7, 11) is 1.68. The van der Waals surface area contributed by atoms with E-state index in [1.807, 2.05) is 13.8 Å². The Bertz CT molecular complexity index is 391. The number of phenolic OH excluding ortho intramolecular Hbond substituents is 1. The lowest BCUT2D eigenvalue weighted by Crippen LogP contribution is -2.36. The standard InChI is InChI=1S/C13H20N2O2/c1-9(2)12(14)8-13(17)15(3)10-5-4-6-11(16)7-10/h4-7,9,12,16H,8,14H2,1-3H3. The van der Waals surface area contributed by atoms with Gasteiger partial charge in [0.1, 0.15) is 5.75 Å². The normalized spacial score (nSPS) is 12.5. The molecule has 1 unspecified atom stereocenters. The van der Waals surface area contributed by atoms with Crippen LogP contribution in [0.1, 0.15) is 20.3 Å². The maximum Gasteiger partial charge on any atom is 0.228 e. The molecule has 4 heteroatoms. The van der Waals surface area contributed by atoms with Crippen molar-refractivity contribution in [3.05, 3.63) is 24.3 Å². The van der Waals surface area contributed by atoms with Crippen molar-refractivity contribution in [2.45, 2.75) is 26.3 Å². The maximum atomic E-state index is 11.9. The third-order valence-electron chi connectivity index (χ3n) is 2.86. The van der Waals surface area contributed by atoms with E-state index in [-0.39, 0.29) is 23.6 Å². The van der Waals surface area contributed by atoms with E-state index in [0.717, 1.165) is 0 Å². The minimum absolute atomic E-state index is 0.0446. The quantitative estimate of drug-likeness (QED) is 0.836. The van der Waals surface area contributed by atoms with Crippen molar-refractivity contribution in [1.82, 2.24) is 0 Å². The summed E-state index contributed by atoms with van der Waals surface area (Å²) in [6, 6.07) is 6.47. The van der Waals surface area contributed by atoms with Gasteiger partial charge in [-0.1, -0.05) is 19.9 Å². The molecule has 0 aromatic heterocycles. The van der Waals surface area contributed by atoms with Crippen LogP contribution in [0.4, 0.5) is 5.69 Å². The molecule has 0 aliphatic heterocycles. The first-order valence-corrected chi connectivity index (χ1v) is 5.73. The molecule has 1 aromatic carbocycles. The number of hydrogen-bond donors (Lipinski definition) is 2. The van der Waals surface area contributed by atoms with Gasteiger partial charge in [0, 0.05) is 31.3 Å². The second-order valence-corrected chi connectivity index (χ2v) is 4.58. The van der Waals surface area contributed by atoms with Gasteiger partial charge in [-0.25, -0.2) is 0 Å². The first-order valence-electron chi connectivity index (χ1n) is 5.73. The number of rotatable bonds is 4. The molecule has 0 saturated carbocycles. The minimum Gasteiger partial charge on any atom is -0.508 e. The molecule has 0 aliphatic carbocycles. The SMILES string of the molecule is CC(C)C(N)CC(=O)N(C)c1cccc(O)c1. The topological polar surface area (TPSA) is 66.6 Å². The number of nitrogens with two attached hydrogens (primary N) is 1. The van der Waals surface area contributed by atoms with Crippen molar-refractivity contribution in [2.24, 2.45) is 11.7 Å². The second-order valence-electron chi connectivity index (χ2n) is 4.58. The molecular weight excluding hydrogens is 216 g/mol. The fraction of sp³-hybridized carbons (Fsp3) is 0.462. The van der Waals surface area contributed by atoms with Crippen molar-refractivity contribution in [3.63, 3.8) is 0 Å². The molecule has 1 aromatic rings. The van der Waals surface area contributed by atoms with Crippen molar-refractivity contribution in [2.75, 3.05) is 11.9 Å². The smallest absolute Gasteiger partial charge is 0.228 e. The van der Waals surface area contributed by atoms with Gasteiger partial charge in [0.2, 0.25) is 5.91 Å². The highest BCUT2D eigenvalue weighted by atomic mass is 16.3. The van der Waals surface area contributed by atoms with Crippen LogP contribution in [0.5, 0.6) is 5.75 Å². The molecule has 4 nitrogen and oxygen atoms in total. The fourth-order valence-corrected chi connectivity index (χ4v) is 1.42. The number of benzene rings is 1. The van der Waals surface area contributed by atoms with E-state index >= 15 is 0 Å². The van der Waals surface area contributed by atoms with Crippen LogP contribution in [0.15, 0.2) is 24.3 Å². The van der Waals surface area contributed by atoms with E-state index in [2.05, 4.69) is 0 Å². The van der Waals surface area contributed by atoms with E-state index in [1.165, 1.54) is 4.90 Å². The van der Waals surface area contributed by atoms with E-state index in [9.17, 15) is 9.90 Å². The summed E-state index contributed by atoms with van der Waals surface area (Å²) in [6.45, 7) is 3.98. The van der Waals surface area contributed by atoms with Gasteiger partial charge in [-0.2, -0.15) is 0 Å². The Kier molecular flexibility index (Phi) is 4.52. The third kappa shape index (κ3) is 3.75. The molecule has 0 saturated heterocycles. The van der Waals surface area contributed by atoms with E-state index in [1.54, 1.807) is 31.3 Å². The molecular formula is C13H20N2O2. The zero-order valence-corrected chi connectivity index (χ0v) is 10.6. The molecule has 17 heavy (non-hydrogen) atoms. The van der Waals surface area contributed by atoms with Crippen molar-refractivity contribution in [3.8, 4) is 5.75 Å². The number of carbonyl (C=O) groups is 1. The Hall–Kier alpha value is -1.55. The lowest BCUT2D eigenvalue weighted by Gasteiger charge is -2.21. The molecule has 0 spiro atoms. The summed E-state index contributed by atoms with van der Waals surface area (Å²) < 4.78 is 0. The van der Waals surface area contributed by atoms with Crippen LogP contribution in [0.2, 0.25) is 0 Å². The Morgan fingerprint density at radius 1 is 1.47 bits per heavy atom. The van der Waals surface area contributed by atoms with E-state index < -0.39 is 0 Å². The van der Waals surface area contributed by atoms with Crippen molar-refractivity contribution < 1.29 is 9.90 Å². The minimum atomic E-state index is -0.137. The zero-order chi connectivity index (χ0) is 13.0. The Balaban J connectivity index is 2.70. The van der Waals surface area contributed by atoms with Crippen molar-refractivity contribution >= 4 is 11.6 Å². The third-order valence-corrected chi connectivity index (χ3v) is 2.86. The summed E-state index contributed by atoms with van der Waals surface area (Å²) in [4.78, 5) is 13.4. The number of amides is 1. The number of hydrogen-bond acceptors (Lipinski definition) is 3. The number of aromatic hydroxyl groups is 1. The number of nitrogens with zero attached hydrogens (tertiary/aromatic N) is 1. The number of carbonyl (C=O) groups excluding carboxylic acids is 1. The highest BCUT2D eigenvalue weighted by Gasteiger charge is 2.17. The predicted octanol–water partition coefficient (Wildman–Crippen LogP) is 1.73. The molecule has 1 rings (SSSR count). The van der Waals surface area contributed by atoms with Crippen molar-refractivity contribution in [1.29, 1.82) is 0 Å². The summed E-state index contributed by atoms with van der Waals surface area (Å²) >= 11 is 0. The van der Waals surface area contributed by atoms with Crippen LogP contribution < -0.4 is 10.6 Å². The van der Waals surface area contributed by atoms with Gasteiger partial charge in [-0.05, 0) is 18.1 Å².